The van der Waals surface area contributed by atoms with Crippen molar-refractivity contribution in [2.24, 2.45) is 0 Å². The van der Waals surface area contributed by atoms with Crippen molar-refractivity contribution in [3.63, 3.8) is 0 Å². The number of hydrogen-bond acceptors (Lipinski definition) is 2. The van der Waals surface area contributed by atoms with Gasteiger partial charge in [0.05, 0.1) is 0 Å². The van der Waals surface area contributed by atoms with Gasteiger partial charge in [-0.25, -0.2) is 0 Å². The summed E-state index contributed by atoms with van der Waals surface area (Å²) in [7, 11) is 2.03. The summed E-state index contributed by atoms with van der Waals surface area (Å²) in [5, 5.41) is 3.98. The molecule has 70 valence electrons. The molecule has 1 aliphatic heterocycles. The van der Waals surface area contributed by atoms with Crippen LogP contribution in [0.25, 0.3) is 0 Å². The minimum atomic E-state index is 0.686. The summed E-state index contributed by atoms with van der Waals surface area (Å²) in [6.07, 6.45) is 0. The van der Waals surface area contributed by atoms with Crippen LogP contribution in [0.4, 0.5) is 0 Å². The van der Waals surface area contributed by atoms with Crippen molar-refractivity contribution < 1.29 is 0 Å². The number of thioether (sulfide) groups is 1. The lowest BCUT2D eigenvalue weighted by atomic mass is 9.97. The number of benzene rings is 1. The second kappa shape index (κ2) is 3.72. The molecule has 0 radical (unpaired) electrons. The molecule has 1 heterocycles. The molecule has 1 aromatic rings. The van der Waals surface area contributed by atoms with Crippen LogP contribution in [-0.4, -0.2) is 18.8 Å². The van der Waals surface area contributed by atoms with Crippen molar-refractivity contribution in [2.75, 3.05) is 13.6 Å². The number of hydrogen-bond donors (Lipinski definition) is 1. The van der Waals surface area contributed by atoms with Gasteiger partial charge in [0.15, 0.2) is 0 Å². The highest BCUT2D eigenvalue weighted by molar-refractivity contribution is 8.00. The van der Waals surface area contributed by atoms with Crippen LogP contribution in [-0.2, 0) is 0 Å². The fraction of sp³-hybridized carbons (Fsp3) is 0.455. The molecule has 0 bridgehead atoms. The highest BCUT2D eigenvalue weighted by Gasteiger charge is 2.28. The topological polar surface area (TPSA) is 12.0 Å². The van der Waals surface area contributed by atoms with Crippen LogP contribution < -0.4 is 5.32 Å². The maximum atomic E-state index is 3.27. The first-order valence-electron chi connectivity index (χ1n) is 4.73. The second-order valence-electron chi connectivity index (χ2n) is 3.52. The first-order chi connectivity index (χ1) is 6.33. The zero-order valence-electron chi connectivity index (χ0n) is 8.08. The Morgan fingerprint density at radius 2 is 2.15 bits per heavy atom. The number of likely N-dealkylation sites (N-methyl/N-ethyl adjacent to an activating group) is 1. The van der Waals surface area contributed by atoms with E-state index in [-0.39, 0.29) is 0 Å². The third kappa shape index (κ3) is 1.61. The minimum absolute atomic E-state index is 0.686. The standard InChI is InChI=1S/C11H15NS/c1-8-10(7-12-2)9-5-3-4-6-11(9)13-8/h3-6,8,10,12H,7H2,1-2H3. The van der Waals surface area contributed by atoms with E-state index in [1.165, 1.54) is 10.5 Å². The molecule has 2 rings (SSSR count). The zero-order valence-corrected chi connectivity index (χ0v) is 8.90. The van der Waals surface area contributed by atoms with Crippen molar-refractivity contribution in [3.05, 3.63) is 29.8 Å². The van der Waals surface area contributed by atoms with Gasteiger partial charge in [-0.3, -0.25) is 0 Å². The molecule has 1 aliphatic rings. The third-order valence-corrected chi connectivity index (χ3v) is 3.95. The molecule has 13 heavy (non-hydrogen) atoms. The molecule has 0 saturated carbocycles. The number of rotatable bonds is 2. The van der Waals surface area contributed by atoms with Crippen molar-refractivity contribution >= 4 is 11.8 Å². The Hall–Kier alpha value is -0.470. The predicted octanol–water partition coefficient (Wildman–Crippen LogP) is 2.48. The molecule has 2 heteroatoms. The minimum Gasteiger partial charge on any atom is -0.319 e. The number of fused-ring (bicyclic) bond motifs is 1. The van der Waals surface area contributed by atoms with E-state index in [9.17, 15) is 0 Å². The van der Waals surface area contributed by atoms with Crippen LogP contribution in [0.3, 0.4) is 0 Å². The van der Waals surface area contributed by atoms with Crippen LogP contribution in [0.15, 0.2) is 29.2 Å². The first kappa shape index (κ1) is 9.10. The van der Waals surface area contributed by atoms with Gasteiger partial charge >= 0.3 is 0 Å². The molecule has 0 aromatic heterocycles. The molecule has 2 atom stereocenters. The number of nitrogens with one attached hydrogen (secondary N) is 1. The average molecular weight is 193 g/mol. The molecule has 0 amide bonds. The van der Waals surface area contributed by atoms with Crippen LogP contribution in [0.5, 0.6) is 0 Å². The smallest absolute Gasteiger partial charge is 0.0147 e. The van der Waals surface area contributed by atoms with E-state index in [4.69, 9.17) is 0 Å². The zero-order chi connectivity index (χ0) is 9.26. The molecule has 0 aliphatic carbocycles. The summed E-state index contributed by atoms with van der Waals surface area (Å²) in [5.41, 5.74) is 1.52. The second-order valence-corrected chi connectivity index (χ2v) is 4.94. The molecule has 2 unspecified atom stereocenters. The molecular formula is C11H15NS. The maximum Gasteiger partial charge on any atom is 0.0147 e. The van der Waals surface area contributed by atoms with E-state index < -0.39 is 0 Å². The predicted molar refractivity (Wildman–Crippen MR) is 58.4 cm³/mol. The van der Waals surface area contributed by atoms with Gasteiger partial charge < -0.3 is 5.32 Å². The molecule has 0 spiro atoms. The summed E-state index contributed by atoms with van der Waals surface area (Å²) in [6, 6.07) is 8.75. The lowest BCUT2D eigenvalue weighted by molar-refractivity contribution is 0.628. The van der Waals surface area contributed by atoms with Gasteiger partial charge in [0.2, 0.25) is 0 Å². The van der Waals surface area contributed by atoms with Crippen molar-refractivity contribution in [2.45, 2.75) is 23.0 Å². The fourth-order valence-corrected chi connectivity index (χ4v) is 3.25. The van der Waals surface area contributed by atoms with Gasteiger partial charge in [0.1, 0.15) is 0 Å². The van der Waals surface area contributed by atoms with Crippen molar-refractivity contribution in [1.29, 1.82) is 0 Å². The molecule has 1 N–H and O–H groups in total. The molecule has 0 saturated heterocycles. The summed E-state index contributed by atoms with van der Waals surface area (Å²) in [5.74, 6) is 0.686. The monoisotopic (exact) mass is 193 g/mol. The van der Waals surface area contributed by atoms with Gasteiger partial charge in [-0.1, -0.05) is 25.1 Å². The average Bonchev–Trinajstić information content (AvgIpc) is 2.44. The van der Waals surface area contributed by atoms with Crippen molar-refractivity contribution in [1.82, 2.24) is 5.32 Å². The third-order valence-electron chi connectivity index (χ3n) is 2.62. The molecule has 0 fully saturated rings. The van der Waals surface area contributed by atoms with E-state index >= 15 is 0 Å². The Bertz CT molecular complexity index is 298. The highest BCUT2D eigenvalue weighted by atomic mass is 32.2. The quantitative estimate of drug-likeness (QED) is 0.774. The molecular weight excluding hydrogens is 178 g/mol. The lowest BCUT2D eigenvalue weighted by Crippen LogP contribution is -2.21. The van der Waals surface area contributed by atoms with E-state index in [0.29, 0.717) is 11.2 Å². The SMILES string of the molecule is CNCC1c2ccccc2SC1C. The normalized spacial score (nSPS) is 26.0. The highest BCUT2D eigenvalue weighted by Crippen LogP contribution is 2.44. The van der Waals surface area contributed by atoms with Gasteiger partial charge in [-0.05, 0) is 18.7 Å². The van der Waals surface area contributed by atoms with Crippen LogP contribution >= 0.6 is 11.8 Å². The Labute approximate surface area is 83.9 Å². The van der Waals surface area contributed by atoms with E-state index in [0.717, 1.165) is 6.54 Å². The van der Waals surface area contributed by atoms with E-state index in [2.05, 4.69) is 36.5 Å². The van der Waals surface area contributed by atoms with Crippen LogP contribution in [0.1, 0.15) is 18.4 Å². The summed E-state index contributed by atoms with van der Waals surface area (Å²) >= 11 is 2.00. The van der Waals surface area contributed by atoms with Gasteiger partial charge in [0.25, 0.3) is 0 Å². The first-order valence-corrected chi connectivity index (χ1v) is 5.61. The Balaban J connectivity index is 2.29. The van der Waals surface area contributed by atoms with E-state index in [1.807, 2.05) is 18.8 Å². The summed E-state index contributed by atoms with van der Waals surface area (Å²) in [6.45, 7) is 3.40. The summed E-state index contributed by atoms with van der Waals surface area (Å²) < 4.78 is 0. The van der Waals surface area contributed by atoms with Gasteiger partial charge in [0, 0.05) is 22.6 Å². The maximum absolute atomic E-state index is 3.27. The largest absolute Gasteiger partial charge is 0.319 e. The Kier molecular flexibility index (Phi) is 2.61. The van der Waals surface area contributed by atoms with Crippen molar-refractivity contribution in [3.8, 4) is 0 Å². The lowest BCUT2D eigenvalue weighted by Gasteiger charge is -2.14. The van der Waals surface area contributed by atoms with Gasteiger partial charge in [-0.15, -0.1) is 11.8 Å². The van der Waals surface area contributed by atoms with E-state index in [1.54, 1.807) is 0 Å². The summed E-state index contributed by atoms with van der Waals surface area (Å²) in [4.78, 5) is 1.47. The molecule has 1 nitrogen and oxygen atoms in total. The molecule has 1 aromatic carbocycles. The fourth-order valence-electron chi connectivity index (χ4n) is 1.93. The van der Waals surface area contributed by atoms with Crippen LogP contribution in [0.2, 0.25) is 0 Å². The Morgan fingerprint density at radius 3 is 2.92 bits per heavy atom. The van der Waals surface area contributed by atoms with Crippen LogP contribution in [0, 0.1) is 0 Å². The Morgan fingerprint density at radius 1 is 1.38 bits per heavy atom. The van der Waals surface area contributed by atoms with Gasteiger partial charge in [-0.2, -0.15) is 0 Å².